The Morgan fingerprint density at radius 3 is 2.42 bits per heavy atom. The van der Waals surface area contributed by atoms with Crippen LogP contribution in [0.4, 0.5) is 0 Å². The second kappa shape index (κ2) is 6.06. The van der Waals surface area contributed by atoms with E-state index in [4.69, 9.17) is 0 Å². The zero-order chi connectivity index (χ0) is 14.0. The van der Waals surface area contributed by atoms with Crippen LogP contribution in [0.3, 0.4) is 0 Å². The fourth-order valence-corrected chi connectivity index (χ4v) is 2.71. The van der Waals surface area contributed by atoms with Gasteiger partial charge in [0.1, 0.15) is 0 Å². The predicted octanol–water partition coefficient (Wildman–Crippen LogP) is 3.36. The summed E-state index contributed by atoms with van der Waals surface area (Å²) in [5, 5.41) is 3.66. The van der Waals surface area contributed by atoms with Crippen LogP contribution in [0.1, 0.15) is 48.1 Å². The highest BCUT2D eigenvalue weighted by molar-refractivity contribution is 5.37. The van der Waals surface area contributed by atoms with Crippen molar-refractivity contribution in [2.75, 3.05) is 20.1 Å². The smallest absolute Gasteiger partial charge is 0.0295 e. The van der Waals surface area contributed by atoms with Crippen molar-refractivity contribution in [1.82, 2.24) is 10.2 Å². The van der Waals surface area contributed by atoms with E-state index in [0.717, 1.165) is 19.1 Å². The first-order valence-electron chi connectivity index (χ1n) is 7.50. The van der Waals surface area contributed by atoms with Crippen LogP contribution in [0.25, 0.3) is 0 Å². The van der Waals surface area contributed by atoms with Crippen LogP contribution in [0, 0.1) is 20.8 Å². The first-order valence-corrected chi connectivity index (χ1v) is 7.50. The molecule has 0 amide bonds. The molecule has 1 saturated carbocycles. The summed E-state index contributed by atoms with van der Waals surface area (Å²) in [5.41, 5.74) is 5.63. The lowest BCUT2D eigenvalue weighted by Crippen LogP contribution is -2.32. The maximum Gasteiger partial charge on any atom is 0.0295 e. The maximum atomic E-state index is 3.66. The molecular weight excluding hydrogens is 232 g/mol. The van der Waals surface area contributed by atoms with E-state index in [0.29, 0.717) is 6.04 Å². The molecule has 0 bridgehead atoms. The van der Waals surface area contributed by atoms with Gasteiger partial charge in [0.05, 0.1) is 0 Å². The Bertz CT molecular complexity index is 435. The topological polar surface area (TPSA) is 15.3 Å². The lowest BCUT2D eigenvalue weighted by Gasteiger charge is -2.21. The quantitative estimate of drug-likeness (QED) is 0.844. The Hall–Kier alpha value is -0.860. The van der Waals surface area contributed by atoms with Gasteiger partial charge in [0, 0.05) is 25.2 Å². The second-order valence-electron chi connectivity index (χ2n) is 6.18. The number of benzene rings is 1. The summed E-state index contributed by atoms with van der Waals surface area (Å²) in [6.07, 6.45) is 2.78. The molecule has 0 spiro atoms. The normalized spacial score (nSPS) is 16.9. The van der Waals surface area contributed by atoms with Gasteiger partial charge < -0.3 is 10.2 Å². The van der Waals surface area contributed by atoms with Crippen LogP contribution in [-0.4, -0.2) is 31.1 Å². The van der Waals surface area contributed by atoms with Crippen LogP contribution in [-0.2, 0) is 0 Å². The third-order valence-electron chi connectivity index (χ3n) is 4.43. The summed E-state index contributed by atoms with van der Waals surface area (Å²) >= 11 is 0. The van der Waals surface area contributed by atoms with E-state index in [-0.39, 0.29) is 0 Å². The Kier molecular flexibility index (Phi) is 4.64. The molecule has 0 aromatic heterocycles. The van der Waals surface area contributed by atoms with E-state index in [2.05, 4.69) is 57.1 Å². The van der Waals surface area contributed by atoms with E-state index in [1.807, 2.05) is 0 Å². The number of hydrogen-bond acceptors (Lipinski definition) is 2. The van der Waals surface area contributed by atoms with Gasteiger partial charge >= 0.3 is 0 Å². The SMILES string of the molecule is Cc1cc(C)c(C(C)NCCN(C)C2CC2)cc1C. The monoisotopic (exact) mass is 260 g/mol. The molecule has 0 saturated heterocycles. The fraction of sp³-hybridized carbons (Fsp3) is 0.647. The van der Waals surface area contributed by atoms with Crippen molar-refractivity contribution >= 4 is 0 Å². The summed E-state index contributed by atoms with van der Waals surface area (Å²) in [6, 6.07) is 5.94. The van der Waals surface area contributed by atoms with E-state index in [9.17, 15) is 0 Å². The maximum absolute atomic E-state index is 3.66. The molecule has 1 aliphatic rings. The molecule has 106 valence electrons. The molecule has 1 aromatic carbocycles. The molecule has 2 nitrogen and oxygen atoms in total. The molecular formula is C17H28N2. The number of hydrogen-bond donors (Lipinski definition) is 1. The van der Waals surface area contributed by atoms with Crippen LogP contribution in [0.15, 0.2) is 12.1 Å². The molecule has 1 atom stereocenters. The zero-order valence-corrected chi connectivity index (χ0v) is 13.1. The number of rotatable bonds is 6. The summed E-state index contributed by atoms with van der Waals surface area (Å²) in [5.74, 6) is 0. The van der Waals surface area contributed by atoms with Gasteiger partial charge in [0.25, 0.3) is 0 Å². The number of nitrogens with one attached hydrogen (secondary N) is 1. The Morgan fingerprint density at radius 2 is 1.79 bits per heavy atom. The lowest BCUT2D eigenvalue weighted by molar-refractivity contribution is 0.316. The Morgan fingerprint density at radius 1 is 1.16 bits per heavy atom. The van der Waals surface area contributed by atoms with Crippen LogP contribution in [0.2, 0.25) is 0 Å². The van der Waals surface area contributed by atoms with Crippen molar-refractivity contribution in [2.24, 2.45) is 0 Å². The van der Waals surface area contributed by atoms with Gasteiger partial charge in [-0.1, -0.05) is 12.1 Å². The minimum Gasteiger partial charge on any atom is -0.309 e. The number of likely N-dealkylation sites (N-methyl/N-ethyl adjacent to an activating group) is 1. The van der Waals surface area contributed by atoms with E-state index >= 15 is 0 Å². The van der Waals surface area contributed by atoms with Crippen molar-refractivity contribution in [3.8, 4) is 0 Å². The molecule has 1 N–H and O–H groups in total. The lowest BCUT2D eigenvalue weighted by atomic mass is 9.96. The van der Waals surface area contributed by atoms with E-state index < -0.39 is 0 Å². The standard InChI is InChI=1S/C17H28N2/c1-12-10-14(3)17(11-13(12)2)15(4)18-8-9-19(5)16-6-7-16/h10-11,15-16,18H,6-9H2,1-5H3. The highest BCUT2D eigenvalue weighted by atomic mass is 15.2. The molecule has 1 aliphatic carbocycles. The highest BCUT2D eigenvalue weighted by Crippen LogP contribution is 2.25. The summed E-state index contributed by atoms with van der Waals surface area (Å²) in [6.45, 7) is 11.1. The first-order chi connectivity index (χ1) is 8.99. The average Bonchev–Trinajstić information content (AvgIpc) is 3.17. The fourth-order valence-electron chi connectivity index (χ4n) is 2.71. The van der Waals surface area contributed by atoms with Gasteiger partial charge in [0.2, 0.25) is 0 Å². The largest absolute Gasteiger partial charge is 0.309 e. The molecule has 2 rings (SSSR count). The first kappa shape index (κ1) is 14.5. The third kappa shape index (κ3) is 3.80. The zero-order valence-electron chi connectivity index (χ0n) is 13.1. The van der Waals surface area contributed by atoms with Crippen LogP contribution < -0.4 is 5.32 Å². The second-order valence-corrected chi connectivity index (χ2v) is 6.18. The van der Waals surface area contributed by atoms with Gasteiger partial charge in [-0.2, -0.15) is 0 Å². The van der Waals surface area contributed by atoms with E-state index in [1.165, 1.54) is 35.1 Å². The van der Waals surface area contributed by atoms with Crippen molar-refractivity contribution in [1.29, 1.82) is 0 Å². The predicted molar refractivity (Wildman–Crippen MR) is 82.7 cm³/mol. The Labute approximate surface area is 118 Å². The Balaban J connectivity index is 1.88. The van der Waals surface area contributed by atoms with Crippen LogP contribution in [0.5, 0.6) is 0 Å². The van der Waals surface area contributed by atoms with Crippen molar-refractivity contribution in [2.45, 2.75) is 52.6 Å². The van der Waals surface area contributed by atoms with Gasteiger partial charge in [-0.25, -0.2) is 0 Å². The molecule has 2 heteroatoms. The van der Waals surface area contributed by atoms with Crippen molar-refractivity contribution in [3.05, 3.63) is 34.4 Å². The number of nitrogens with zero attached hydrogens (tertiary/aromatic N) is 1. The summed E-state index contributed by atoms with van der Waals surface area (Å²) in [4.78, 5) is 2.48. The van der Waals surface area contributed by atoms with E-state index in [1.54, 1.807) is 0 Å². The van der Waals surface area contributed by atoms with Gasteiger partial charge in [-0.05, 0) is 69.8 Å². The molecule has 0 radical (unpaired) electrons. The minimum atomic E-state index is 0.437. The van der Waals surface area contributed by atoms with Crippen LogP contribution >= 0.6 is 0 Å². The molecule has 19 heavy (non-hydrogen) atoms. The van der Waals surface area contributed by atoms with Gasteiger partial charge in [0.15, 0.2) is 0 Å². The minimum absolute atomic E-state index is 0.437. The summed E-state index contributed by atoms with van der Waals surface area (Å²) in [7, 11) is 2.24. The molecule has 0 heterocycles. The average molecular weight is 260 g/mol. The third-order valence-corrected chi connectivity index (χ3v) is 4.43. The van der Waals surface area contributed by atoms with Crippen molar-refractivity contribution in [3.63, 3.8) is 0 Å². The molecule has 1 unspecified atom stereocenters. The van der Waals surface area contributed by atoms with Gasteiger partial charge in [-0.15, -0.1) is 0 Å². The summed E-state index contributed by atoms with van der Waals surface area (Å²) < 4.78 is 0. The molecule has 1 fully saturated rings. The van der Waals surface area contributed by atoms with Gasteiger partial charge in [-0.3, -0.25) is 0 Å². The molecule has 1 aromatic rings. The number of aryl methyl sites for hydroxylation is 3. The molecule has 0 aliphatic heterocycles. The highest BCUT2D eigenvalue weighted by Gasteiger charge is 2.25. The van der Waals surface area contributed by atoms with Crippen molar-refractivity contribution < 1.29 is 0 Å².